The highest BCUT2D eigenvalue weighted by Gasteiger charge is 2.24. The van der Waals surface area contributed by atoms with Crippen LogP contribution in [0.2, 0.25) is 0 Å². The van der Waals surface area contributed by atoms with E-state index in [1.165, 1.54) is 18.4 Å². The van der Waals surface area contributed by atoms with Crippen molar-refractivity contribution in [2.24, 2.45) is 0 Å². The molecule has 0 aliphatic heterocycles. The first-order valence-corrected chi connectivity index (χ1v) is 5.16. The van der Waals surface area contributed by atoms with Crippen LogP contribution in [0, 0.1) is 6.92 Å². The second-order valence-corrected chi connectivity index (χ2v) is 3.90. The summed E-state index contributed by atoms with van der Waals surface area (Å²) in [5.74, 6) is 0.951. The third-order valence-electron chi connectivity index (χ3n) is 2.42. The Morgan fingerprint density at radius 2 is 2.21 bits per heavy atom. The van der Waals surface area contributed by atoms with Crippen LogP contribution in [0.5, 0.6) is 5.75 Å². The van der Waals surface area contributed by atoms with Crippen molar-refractivity contribution in [1.82, 2.24) is 0 Å². The summed E-state index contributed by atoms with van der Waals surface area (Å²) in [6.07, 6.45) is 3.46. The van der Waals surface area contributed by atoms with Crippen LogP contribution in [0.4, 0.5) is 0 Å². The van der Waals surface area contributed by atoms with Gasteiger partial charge in [-0.1, -0.05) is 17.7 Å². The molecule has 1 aliphatic carbocycles. The quantitative estimate of drug-likeness (QED) is 0.791. The maximum absolute atomic E-state index is 8.93. The summed E-state index contributed by atoms with van der Waals surface area (Å²) in [5.41, 5.74) is 2.34. The van der Waals surface area contributed by atoms with Gasteiger partial charge in [0.25, 0.3) is 0 Å². The van der Waals surface area contributed by atoms with Crippen molar-refractivity contribution in [2.45, 2.75) is 32.3 Å². The summed E-state index contributed by atoms with van der Waals surface area (Å²) in [5, 5.41) is 8.93. The zero-order valence-corrected chi connectivity index (χ0v) is 8.49. The van der Waals surface area contributed by atoms with Crippen LogP contribution in [0.25, 0.3) is 0 Å². The molecule has 0 atom stereocenters. The molecule has 2 rings (SSSR count). The molecule has 1 aromatic rings. The lowest BCUT2D eigenvalue weighted by Crippen LogP contribution is -2.01. The average Bonchev–Trinajstić information content (AvgIpc) is 2.94. The molecule has 0 unspecified atom stereocenters. The Balaban J connectivity index is 2.17. The van der Waals surface area contributed by atoms with Crippen molar-refractivity contribution < 1.29 is 9.84 Å². The van der Waals surface area contributed by atoms with Crippen LogP contribution in [0.3, 0.4) is 0 Å². The summed E-state index contributed by atoms with van der Waals surface area (Å²) in [7, 11) is 0. The fourth-order valence-corrected chi connectivity index (χ4v) is 1.50. The van der Waals surface area contributed by atoms with Crippen molar-refractivity contribution in [3.63, 3.8) is 0 Å². The topological polar surface area (TPSA) is 29.5 Å². The van der Waals surface area contributed by atoms with E-state index in [4.69, 9.17) is 9.84 Å². The van der Waals surface area contributed by atoms with E-state index in [0.717, 1.165) is 11.3 Å². The molecule has 0 heterocycles. The molecule has 14 heavy (non-hydrogen) atoms. The van der Waals surface area contributed by atoms with E-state index < -0.39 is 0 Å². The number of benzene rings is 1. The van der Waals surface area contributed by atoms with E-state index in [1.807, 2.05) is 6.07 Å². The molecule has 1 saturated carbocycles. The highest BCUT2D eigenvalue weighted by atomic mass is 16.5. The zero-order chi connectivity index (χ0) is 9.97. The molecular weight excluding hydrogens is 176 g/mol. The van der Waals surface area contributed by atoms with Gasteiger partial charge in [0.05, 0.1) is 6.10 Å². The number of ether oxygens (including phenoxy) is 1. The predicted molar refractivity (Wildman–Crippen MR) is 55.6 cm³/mol. The number of aliphatic hydroxyl groups excluding tert-OH is 1. The maximum atomic E-state index is 8.93. The Hall–Kier alpha value is -1.02. The lowest BCUT2D eigenvalue weighted by atomic mass is 10.1. The maximum Gasteiger partial charge on any atom is 0.123 e. The summed E-state index contributed by atoms with van der Waals surface area (Å²) >= 11 is 0. The molecule has 0 spiro atoms. The third kappa shape index (κ3) is 2.26. The van der Waals surface area contributed by atoms with Crippen molar-refractivity contribution in [2.75, 3.05) is 6.61 Å². The first-order chi connectivity index (χ1) is 6.79. The molecule has 76 valence electrons. The Kier molecular flexibility index (Phi) is 2.73. The molecule has 1 N–H and O–H groups in total. The zero-order valence-electron chi connectivity index (χ0n) is 8.49. The van der Waals surface area contributed by atoms with Gasteiger partial charge in [0.15, 0.2) is 0 Å². The molecule has 1 aromatic carbocycles. The van der Waals surface area contributed by atoms with E-state index in [1.54, 1.807) is 0 Å². The number of aliphatic hydroxyl groups is 1. The third-order valence-corrected chi connectivity index (χ3v) is 2.42. The molecular formula is C12H16O2. The minimum Gasteiger partial charge on any atom is -0.490 e. The molecule has 2 heteroatoms. The Labute approximate surface area is 84.5 Å². The van der Waals surface area contributed by atoms with E-state index in [0.29, 0.717) is 12.5 Å². The summed E-state index contributed by atoms with van der Waals surface area (Å²) in [4.78, 5) is 0. The molecule has 0 aromatic heterocycles. The predicted octanol–water partition coefficient (Wildman–Crippen LogP) is 2.07. The monoisotopic (exact) mass is 192 g/mol. The van der Waals surface area contributed by atoms with Crippen molar-refractivity contribution in [1.29, 1.82) is 0 Å². The molecule has 0 saturated heterocycles. The van der Waals surface area contributed by atoms with Crippen LogP contribution in [-0.2, 0) is 6.42 Å². The van der Waals surface area contributed by atoms with Crippen molar-refractivity contribution >= 4 is 0 Å². The molecule has 2 nitrogen and oxygen atoms in total. The van der Waals surface area contributed by atoms with Crippen LogP contribution in [0.1, 0.15) is 24.0 Å². The second kappa shape index (κ2) is 4.01. The summed E-state index contributed by atoms with van der Waals surface area (Å²) in [6.45, 7) is 2.24. The Morgan fingerprint density at radius 3 is 2.86 bits per heavy atom. The number of rotatable bonds is 4. The van der Waals surface area contributed by atoms with Gasteiger partial charge in [0.1, 0.15) is 5.75 Å². The highest BCUT2D eigenvalue weighted by molar-refractivity contribution is 5.37. The standard InChI is InChI=1S/C12H16O2/c1-9-2-5-12(14-11-3-4-11)10(8-9)6-7-13/h2,5,8,11,13H,3-4,6-7H2,1H3. The molecule has 0 radical (unpaired) electrons. The SMILES string of the molecule is Cc1ccc(OC2CC2)c(CCO)c1. The van der Waals surface area contributed by atoms with E-state index in [-0.39, 0.29) is 6.61 Å². The number of hydrogen-bond donors (Lipinski definition) is 1. The van der Waals surface area contributed by atoms with E-state index >= 15 is 0 Å². The molecule has 0 amide bonds. The fraction of sp³-hybridized carbons (Fsp3) is 0.500. The summed E-state index contributed by atoms with van der Waals surface area (Å²) < 4.78 is 5.75. The summed E-state index contributed by atoms with van der Waals surface area (Å²) in [6, 6.07) is 6.16. The largest absolute Gasteiger partial charge is 0.490 e. The van der Waals surface area contributed by atoms with Crippen LogP contribution in [0.15, 0.2) is 18.2 Å². The van der Waals surface area contributed by atoms with Gasteiger partial charge in [-0.3, -0.25) is 0 Å². The first kappa shape index (κ1) is 9.53. The number of hydrogen-bond acceptors (Lipinski definition) is 2. The molecule has 1 aliphatic rings. The van der Waals surface area contributed by atoms with Crippen LogP contribution in [-0.4, -0.2) is 17.8 Å². The van der Waals surface area contributed by atoms with Gasteiger partial charge in [0.2, 0.25) is 0 Å². The van der Waals surface area contributed by atoms with Crippen LogP contribution < -0.4 is 4.74 Å². The van der Waals surface area contributed by atoms with Crippen LogP contribution >= 0.6 is 0 Å². The van der Waals surface area contributed by atoms with E-state index in [9.17, 15) is 0 Å². The Bertz CT molecular complexity index is 316. The lowest BCUT2D eigenvalue weighted by molar-refractivity contribution is 0.282. The van der Waals surface area contributed by atoms with Gasteiger partial charge in [-0.25, -0.2) is 0 Å². The van der Waals surface area contributed by atoms with E-state index in [2.05, 4.69) is 19.1 Å². The van der Waals surface area contributed by atoms with Gasteiger partial charge in [-0.2, -0.15) is 0 Å². The van der Waals surface area contributed by atoms with Crippen molar-refractivity contribution in [3.8, 4) is 5.75 Å². The highest BCUT2D eigenvalue weighted by Crippen LogP contribution is 2.29. The van der Waals surface area contributed by atoms with Gasteiger partial charge in [-0.05, 0) is 37.8 Å². The fourth-order valence-electron chi connectivity index (χ4n) is 1.50. The minimum atomic E-state index is 0.185. The number of aryl methyl sites for hydroxylation is 1. The van der Waals surface area contributed by atoms with Gasteiger partial charge in [0, 0.05) is 6.61 Å². The Morgan fingerprint density at radius 1 is 1.43 bits per heavy atom. The first-order valence-electron chi connectivity index (χ1n) is 5.16. The van der Waals surface area contributed by atoms with Gasteiger partial charge < -0.3 is 9.84 Å². The lowest BCUT2D eigenvalue weighted by Gasteiger charge is -2.10. The second-order valence-electron chi connectivity index (χ2n) is 3.90. The minimum absolute atomic E-state index is 0.185. The van der Waals surface area contributed by atoms with Gasteiger partial charge in [-0.15, -0.1) is 0 Å². The normalized spacial score (nSPS) is 15.6. The molecule has 1 fully saturated rings. The average molecular weight is 192 g/mol. The van der Waals surface area contributed by atoms with Gasteiger partial charge >= 0.3 is 0 Å². The smallest absolute Gasteiger partial charge is 0.123 e. The molecule has 0 bridgehead atoms. The van der Waals surface area contributed by atoms with Crippen molar-refractivity contribution in [3.05, 3.63) is 29.3 Å².